The number of anilines is 1. The van der Waals surface area contributed by atoms with Crippen LogP contribution < -0.4 is 11.1 Å². The Morgan fingerprint density at radius 3 is 2.60 bits per heavy atom. The van der Waals surface area contributed by atoms with Crippen LogP contribution in [0.3, 0.4) is 0 Å². The van der Waals surface area contributed by atoms with Gasteiger partial charge in [0.1, 0.15) is 5.69 Å². The fraction of sp³-hybridized carbons (Fsp3) is 0.462. The van der Waals surface area contributed by atoms with E-state index in [1.165, 1.54) is 6.07 Å². The molecular formula is C13H18ClN3O3. The highest BCUT2D eigenvalue weighted by atomic mass is 35.5. The van der Waals surface area contributed by atoms with Crippen LogP contribution in [0.25, 0.3) is 0 Å². The van der Waals surface area contributed by atoms with Gasteiger partial charge in [-0.25, -0.2) is 0 Å². The van der Waals surface area contributed by atoms with E-state index in [2.05, 4.69) is 5.32 Å². The number of nitrogen functional groups attached to an aromatic ring is 1. The average Bonchev–Trinajstić information content (AvgIpc) is 2.31. The Labute approximate surface area is 122 Å². The highest BCUT2D eigenvalue weighted by Crippen LogP contribution is 2.31. The van der Waals surface area contributed by atoms with E-state index in [-0.39, 0.29) is 22.0 Å². The van der Waals surface area contributed by atoms with Gasteiger partial charge in [-0.05, 0) is 26.3 Å². The Kier molecular flexibility index (Phi) is 4.94. The van der Waals surface area contributed by atoms with Gasteiger partial charge in [-0.15, -0.1) is 0 Å². The standard InChI is InChI=1S/C13H18ClN3O3/c1-4-5-13(2,3)16-12(18)8-6-9(14)11(15)10(7-8)17(19)20/h6-7H,4-5,15H2,1-3H3,(H,16,18). The van der Waals surface area contributed by atoms with E-state index in [0.29, 0.717) is 0 Å². The molecular weight excluding hydrogens is 282 g/mol. The van der Waals surface area contributed by atoms with Crippen LogP contribution in [0, 0.1) is 10.1 Å². The quantitative estimate of drug-likeness (QED) is 0.495. The Hall–Kier alpha value is -1.82. The number of hydrogen-bond acceptors (Lipinski definition) is 4. The maximum atomic E-state index is 12.1. The summed E-state index contributed by atoms with van der Waals surface area (Å²) < 4.78 is 0. The number of amides is 1. The van der Waals surface area contributed by atoms with Gasteiger partial charge in [-0.1, -0.05) is 24.9 Å². The second kappa shape index (κ2) is 6.09. The van der Waals surface area contributed by atoms with Gasteiger partial charge in [0.15, 0.2) is 0 Å². The summed E-state index contributed by atoms with van der Waals surface area (Å²) in [6.45, 7) is 5.79. The number of nitrogens with zero attached hydrogens (tertiary/aromatic N) is 1. The van der Waals surface area contributed by atoms with Gasteiger partial charge < -0.3 is 11.1 Å². The molecule has 0 saturated carbocycles. The van der Waals surface area contributed by atoms with Crippen molar-refractivity contribution in [2.24, 2.45) is 0 Å². The minimum absolute atomic E-state index is 0.00218. The molecule has 3 N–H and O–H groups in total. The fourth-order valence-corrected chi connectivity index (χ4v) is 2.17. The molecule has 1 aromatic carbocycles. The summed E-state index contributed by atoms with van der Waals surface area (Å²) in [6.07, 6.45) is 1.71. The lowest BCUT2D eigenvalue weighted by molar-refractivity contribution is -0.383. The van der Waals surface area contributed by atoms with Crippen molar-refractivity contribution >= 4 is 28.9 Å². The topological polar surface area (TPSA) is 98.3 Å². The van der Waals surface area contributed by atoms with Crippen LogP contribution in [-0.4, -0.2) is 16.4 Å². The first kappa shape index (κ1) is 16.2. The molecule has 110 valence electrons. The summed E-state index contributed by atoms with van der Waals surface area (Å²) in [5.41, 5.74) is 4.75. The molecule has 0 aromatic heterocycles. The zero-order chi connectivity index (χ0) is 15.5. The SMILES string of the molecule is CCCC(C)(C)NC(=O)c1cc(Cl)c(N)c([N+](=O)[O-])c1. The van der Waals surface area contributed by atoms with Gasteiger partial charge >= 0.3 is 0 Å². The van der Waals surface area contributed by atoms with Crippen LogP contribution in [0.2, 0.25) is 5.02 Å². The minimum Gasteiger partial charge on any atom is -0.392 e. The van der Waals surface area contributed by atoms with E-state index >= 15 is 0 Å². The molecule has 1 aromatic rings. The molecule has 0 spiro atoms. The lowest BCUT2D eigenvalue weighted by atomic mass is 9.98. The molecule has 0 unspecified atom stereocenters. The van der Waals surface area contributed by atoms with Gasteiger partial charge in [0.05, 0.1) is 9.95 Å². The second-order valence-corrected chi connectivity index (χ2v) is 5.64. The monoisotopic (exact) mass is 299 g/mol. The molecule has 6 nitrogen and oxygen atoms in total. The lowest BCUT2D eigenvalue weighted by Crippen LogP contribution is -2.43. The van der Waals surface area contributed by atoms with Crippen molar-refractivity contribution in [2.45, 2.75) is 39.2 Å². The number of carbonyl (C=O) groups excluding carboxylic acids is 1. The predicted octanol–water partition coefficient (Wildman–Crippen LogP) is 3.14. The number of nitro groups is 1. The van der Waals surface area contributed by atoms with Crippen LogP contribution >= 0.6 is 11.6 Å². The smallest absolute Gasteiger partial charge is 0.294 e. The fourth-order valence-electron chi connectivity index (χ4n) is 1.95. The number of benzene rings is 1. The largest absolute Gasteiger partial charge is 0.392 e. The lowest BCUT2D eigenvalue weighted by Gasteiger charge is -2.25. The van der Waals surface area contributed by atoms with Gasteiger partial charge in [0.2, 0.25) is 0 Å². The third kappa shape index (κ3) is 3.84. The maximum Gasteiger partial charge on any atom is 0.294 e. The molecule has 20 heavy (non-hydrogen) atoms. The summed E-state index contributed by atoms with van der Waals surface area (Å²) in [5.74, 6) is -0.409. The first-order valence-corrected chi connectivity index (χ1v) is 6.61. The molecule has 1 amide bonds. The number of nitrogens with two attached hydrogens (primary N) is 1. The van der Waals surface area contributed by atoms with Crippen molar-refractivity contribution in [1.82, 2.24) is 5.32 Å². The van der Waals surface area contributed by atoms with E-state index in [9.17, 15) is 14.9 Å². The zero-order valence-corrected chi connectivity index (χ0v) is 12.5. The summed E-state index contributed by atoms with van der Waals surface area (Å²) in [7, 11) is 0. The van der Waals surface area contributed by atoms with Crippen LogP contribution in [-0.2, 0) is 0 Å². The minimum atomic E-state index is -0.658. The van der Waals surface area contributed by atoms with Crippen molar-refractivity contribution < 1.29 is 9.72 Å². The molecule has 0 aliphatic carbocycles. The number of nitrogens with one attached hydrogen (secondary N) is 1. The molecule has 7 heteroatoms. The van der Waals surface area contributed by atoms with Crippen LogP contribution in [0.15, 0.2) is 12.1 Å². The summed E-state index contributed by atoms with van der Waals surface area (Å²) in [6, 6.07) is 2.47. The molecule has 0 saturated heterocycles. The third-order valence-corrected chi connectivity index (χ3v) is 3.21. The second-order valence-electron chi connectivity index (χ2n) is 5.24. The van der Waals surface area contributed by atoms with Crippen LogP contribution in [0.5, 0.6) is 0 Å². The molecule has 1 rings (SSSR count). The van der Waals surface area contributed by atoms with Gasteiger partial charge in [-0.2, -0.15) is 0 Å². The van der Waals surface area contributed by atoms with Crippen LogP contribution in [0.1, 0.15) is 44.0 Å². The molecule has 0 atom stereocenters. The number of halogens is 1. The van der Waals surface area contributed by atoms with Gasteiger partial charge in [0.25, 0.3) is 11.6 Å². The predicted molar refractivity (Wildman–Crippen MR) is 79.0 cm³/mol. The Balaban J connectivity index is 3.09. The van der Waals surface area contributed by atoms with Gasteiger partial charge in [-0.3, -0.25) is 14.9 Å². The summed E-state index contributed by atoms with van der Waals surface area (Å²) >= 11 is 5.83. The van der Waals surface area contributed by atoms with Crippen molar-refractivity contribution in [1.29, 1.82) is 0 Å². The molecule has 0 fully saturated rings. The maximum absolute atomic E-state index is 12.1. The highest BCUT2D eigenvalue weighted by molar-refractivity contribution is 6.34. The van der Waals surface area contributed by atoms with Crippen molar-refractivity contribution in [3.63, 3.8) is 0 Å². The molecule has 0 heterocycles. The number of nitro benzene ring substituents is 1. The number of rotatable bonds is 5. The normalized spacial score (nSPS) is 11.2. The first-order chi connectivity index (χ1) is 9.18. The third-order valence-electron chi connectivity index (χ3n) is 2.89. The van der Waals surface area contributed by atoms with E-state index in [0.717, 1.165) is 18.9 Å². The number of carbonyl (C=O) groups is 1. The Bertz CT molecular complexity index is 544. The van der Waals surface area contributed by atoms with Crippen molar-refractivity contribution in [3.8, 4) is 0 Å². The van der Waals surface area contributed by atoms with E-state index in [1.54, 1.807) is 0 Å². The molecule has 0 aliphatic heterocycles. The highest BCUT2D eigenvalue weighted by Gasteiger charge is 2.23. The van der Waals surface area contributed by atoms with Gasteiger partial charge in [0, 0.05) is 17.2 Å². The van der Waals surface area contributed by atoms with E-state index in [4.69, 9.17) is 17.3 Å². The summed E-state index contributed by atoms with van der Waals surface area (Å²) in [4.78, 5) is 22.4. The summed E-state index contributed by atoms with van der Waals surface area (Å²) in [5, 5.41) is 13.7. The molecule has 0 radical (unpaired) electrons. The molecule has 0 aliphatic rings. The average molecular weight is 300 g/mol. The van der Waals surface area contributed by atoms with E-state index in [1.807, 2.05) is 20.8 Å². The number of hydrogen-bond donors (Lipinski definition) is 2. The van der Waals surface area contributed by atoms with Crippen molar-refractivity contribution in [2.75, 3.05) is 5.73 Å². The Morgan fingerprint density at radius 2 is 2.10 bits per heavy atom. The van der Waals surface area contributed by atoms with E-state index < -0.39 is 16.4 Å². The van der Waals surface area contributed by atoms with Crippen molar-refractivity contribution in [3.05, 3.63) is 32.8 Å². The first-order valence-electron chi connectivity index (χ1n) is 6.24. The molecule has 0 bridgehead atoms. The Morgan fingerprint density at radius 1 is 1.50 bits per heavy atom. The zero-order valence-electron chi connectivity index (χ0n) is 11.7. The van der Waals surface area contributed by atoms with Crippen LogP contribution in [0.4, 0.5) is 11.4 Å².